The number of rotatable bonds is 3. The molecule has 1 fully saturated rings. The number of carbonyl (C=O) groups excluding carboxylic acids is 2. The Bertz CT molecular complexity index is 544. The van der Waals surface area contributed by atoms with Crippen molar-refractivity contribution in [3.05, 3.63) is 29.8 Å². The van der Waals surface area contributed by atoms with Crippen molar-refractivity contribution >= 4 is 17.5 Å². The fraction of sp³-hybridized carbons (Fsp3) is 0.500. The van der Waals surface area contributed by atoms with Gasteiger partial charge in [-0.05, 0) is 17.7 Å². The van der Waals surface area contributed by atoms with Crippen molar-refractivity contribution in [3.63, 3.8) is 0 Å². The number of imide groups is 1. The summed E-state index contributed by atoms with van der Waals surface area (Å²) in [5.41, 5.74) is 6.78. The van der Waals surface area contributed by atoms with E-state index in [9.17, 15) is 9.59 Å². The summed E-state index contributed by atoms with van der Waals surface area (Å²) >= 11 is 0. The van der Waals surface area contributed by atoms with Gasteiger partial charge in [0.15, 0.2) is 0 Å². The number of nitrogens with two attached hydrogens (primary N) is 1. The van der Waals surface area contributed by atoms with Crippen LogP contribution in [-0.2, 0) is 15.0 Å². The van der Waals surface area contributed by atoms with Crippen LogP contribution in [0.3, 0.4) is 0 Å². The van der Waals surface area contributed by atoms with Crippen molar-refractivity contribution in [2.24, 2.45) is 11.1 Å². The van der Waals surface area contributed by atoms with Gasteiger partial charge < -0.3 is 5.73 Å². The molecule has 1 aromatic rings. The Hall–Kier alpha value is -1.68. The molecule has 1 heterocycles. The smallest absolute Gasteiger partial charge is 0.239 e. The Kier molecular flexibility index (Phi) is 3.46. The summed E-state index contributed by atoms with van der Waals surface area (Å²) in [6.07, 6.45) is 0.266. The predicted molar refractivity (Wildman–Crippen MR) is 79.4 cm³/mol. The molecule has 0 aliphatic carbocycles. The average Bonchev–Trinajstić information content (AvgIpc) is 2.58. The second-order valence-corrected chi connectivity index (χ2v) is 6.73. The van der Waals surface area contributed by atoms with Gasteiger partial charge in [0, 0.05) is 18.4 Å². The van der Waals surface area contributed by atoms with Crippen molar-refractivity contribution in [2.45, 2.75) is 39.5 Å². The predicted octanol–water partition coefficient (Wildman–Crippen LogP) is 2.21. The lowest BCUT2D eigenvalue weighted by Gasteiger charge is -2.24. The van der Waals surface area contributed by atoms with Gasteiger partial charge in [0.1, 0.15) is 0 Å². The number of carbonyl (C=O) groups is 2. The van der Waals surface area contributed by atoms with Gasteiger partial charge in [0.05, 0.1) is 11.1 Å². The molecule has 0 bridgehead atoms. The van der Waals surface area contributed by atoms with Crippen LogP contribution in [0, 0.1) is 5.41 Å². The molecule has 2 N–H and O–H groups in total. The van der Waals surface area contributed by atoms with E-state index in [1.54, 1.807) is 13.8 Å². The monoisotopic (exact) mass is 274 g/mol. The fourth-order valence-corrected chi connectivity index (χ4v) is 2.39. The van der Waals surface area contributed by atoms with E-state index in [0.29, 0.717) is 12.2 Å². The van der Waals surface area contributed by atoms with Crippen molar-refractivity contribution < 1.29 is 9.59 Å². The molecule has 4 heteroatoms. The van der Waals surface area contributed by atoms with E-state index in [-0.39, 0.29) is 23.7 Å². The molecular formula is C16H22N2O2. The Morgan fingerprint density at radius 2 is 1.75 bits per heavy atom. The minimum Gasteiger partial charge on any atom is -0.330 e. The molecule has 20 heavy (non-hydrogen) atoms. The largest absolute Gasteiger partial charge is 0.330 e. The summed E-state index contributed by atoms with van der Waals surface area (Å²) in [6.45, 7) is 8.29. The van der Waals surface area contributed by atoms with Crippen molar-refractivity contribution in [1.29, 1.82) is 0 Å². The number of hydrogen-bond acceptors (Lipinski definition) is 3. The summed E-state index contributed by atoms with van der Waals surface area (Å²) in [5, 5.41) is 0. The minimum atomic E-state index is -0.605. The quantitative estimate of drug-likeness (QED) is 0.860. The van der Waals surface area contributed by atoms with Gasteiger partial charge in [-0.1, -0.05) is 39.8 Å². The Balaban J connectivity index is 2.32. The molecule has 1 aliphatic rings. The first-order valence-electron chi connectivity index (χ1n) is 6.87. The third-order valence-corrected chi connectivity index (χ3v) is 4.04. The van der Waals surface area contributed by atoms with E-state index in [1.165, 1.54) is 4.90 Å². The topological polar surface area (TPSA) is 63.4 Å². The first kappa shape index (κ1) is 14.7. The number of nitrogens with zero attached hydrogens (tertiary/aromatic N) is 1. The van der Waals surface area contributed by atoms with Gasteiger partial charge in [-0.3, -0.25) is 14.5 Å². The van der Waals surface area contributed by atoms with E-state index in [0.717, 1.165) is 5.56 Å². The van der Waals surface area contributed by atoms with Gasteiger partial charge in [0.2, 0.25) is 11.8 Å². The molecule has 0 atom stereocenters. The highest BCUT2D eigenvalue weighted by molar-refractivity contribution is 6.22. The minimum absolute atomic E-state index is 0.114. The molecular weight excluding hydrogens is 252 g/mol. The maximum atomic E-state index is 12.3. The highest BCUT2D eigenvalue weighted by Gasteiger charge is 2.45. The van der Waals surface area contributed by atoms with Crippen LogP contribution in [0.1, 0.15) is 39.7 Å². The molecule has 2 rings (SSSR count). The summed E-state index contributed by atoms with van der Waals surface area (Å²) < 4.78 is 0. The van der Waals surface area contributed by atoms with E-state index in [1.807, 2.05) is 24.3 Å². The van der Waals surface area contributed by atoms with Crippen LogP contribution < -0.4 is 10.6 Å². The molecule has 108 valence electrons. The average molecular weight is 274 g/mol. The summed E-state index contributed by atoms with van der Waals surface area (Å²) in [5.74, 6) is -0.265. The lowest BCUT2D eigenvalue weighted by atomic mass is 9.85. The fourth-order valence-electron chi connectivity index (χ4n) is 2.39. The first-order valence-corrected chi connectivity index (χ1v) is 6.87. The van der Waals surface area contributed by atoms with E-state index in [4.69, 9.17) is 5.73 Å². The number of anilines is 1. The Morgan fingerprint density at radius 3 is 2.15 bits per heavy atom. The Morgan fingerprint density at radius 1 is 1.20 bits per heavy atom. The highest BCUT2D eigenvalue weighted by Crippen LogP contribution is 2.35. The molecule has 1 aliphatic heterocycles. The zero-order valence-electron chi connectivity index (χ0n) is 12.6. The maximum Gasteiger partial charge on any atom is 0.239 e. The zero-order valence-corrected chi connectivity index (χ0v) is 12.6. The third-order valence-electron chi connectivity index (χ3n) is 4.04. The second-order valence-electron chi connectivity index (χ2n) is 6.73. The van der Waals surface area contributed by atoms with Crippen LogP contribution in [0.2, 0.25) is 0 Å². The number of amides is 2. The van der Waals surface area contributed by atoms with Gasteiger partial charge >= 0.3 is 0 Å². The van der Waals surface area contributed by atoms with Crippen molar-refractivity contribution in [1.82, 2.24) is 0 Å². The molecule has 0 unspecified atom stereocenters. The molecule has 0 spiro atoms. The normalized spacial score (nSPS) is 18.8. The van der Waals surface area contributed by atoms with Crippen LogP contribution in [-0.4, -0.2) is 18.4 Å². The van der Waals surface area contributed by atoms with Crippen LogP contribution >= 0.6 is 0 Å². The molecule has 0 radical (unpaired) electrons. The summed E-state index contributed by atoms with van der Waals surface area (Å²) in [6, 6.07) is 7.52. The maximum absolute atomic E-state index is 12.3. The van der Waals surface area contributed by atoms with Crippen molar-refractivity contribution in [3.8, 4) is 0 Å². The van der Waals surface area contributed by atoms with Gasteiger partial charge in [0.25, 0.3) is 0 Å². The Labute approximate surface area is 119 Å². The SMILES string of the molecule is CC1(C)CC(=O)N(c2ccc(C(C)(C)CN)cc2)C1=O. The number of hydrogen-bond donors (Lipinski definition) is 1. The first-order chi connectivity index (χ1) is 9.19. The van der Waals surface area contributed by atoms with E-state index < -0.39 is 5.41 Å². The molecule has 2 amide bonds. The van der Waals surface area contributed by atoms with Gasteiger partial charge in [-0.2, -0.15) is 0 Å². The van der Waals surface area contributed by atoms with E-state index in [2.05, 4.69) is 13.8 Å². The second kappa shape index (κ2) is 4.70. The lowest BCUT2D eigenvalue weighted by molar-refractivity contribution is -0.124. The van der Waals surface area contributed by atoms with Crippen LogP contribution in [0.25, 0.3) is 0 Å². The molecule has 0 saturated carbocycles. The van der Waals surface area contributed by atoms with Gasteiger partial charge in [-0.25, -0.2) is 0 Å². The lowest BCUT2D eigenvalue weighted by Crippen LogP contribution is -2.33. The highest BCUT2D eigenvalue weighted by atomic mass is 16.2. The summed E-state index contributed by atoms with van der Waals surface area (Å²) in [7, 11) is 0. The van der Waals surface area contributed by atoms with Crippen LogP contribution in [0.5, 0.6) is 0 Å². The van der Waals surface area contributed by atoms with Crippen molar-refractivity contribution in [2.75, 3.05) is 11.4 Å². The van der Waals surface area contributed by atoms with Gasteiger partial charge in [-0.15, -0.1) is 0 Å². The standard InChI is InChI=1S/C16H22N2O2/c1-15(2)9-13(19)18(14(15)20)12-7-5-11(6-8-12)16(3,4)10-17/h5-8H,9-10,17H2,1-4H3. The molecule has 1 aromatic carbocycles. The van der Waals surface area contributed by atoms with Crippen LogP contribution in [0.4, 0.5) is 5.69 Å². The summed E-state index contributed by atoms with van der Waals surface area (Å²) in [4.78, 5) is 25.6. The molecule has 0 aromatic heterocycles. The molecule has 4 nitrogen and oxygen atoms in total. The molecule has 1 saturated heterocycles. The number of benzene rings is 1. The third kappa shape index (κ3) is 2.36. The van der Waals surface area contributed by atoms with E-state index >= 15 is 0 Å². The van der Waals surface area contributed by atoms with Crippen LogP contribution in [0.15, 0.2) is 24.3 Å². The zero-order chi connectivity index (χ0) is 15.1.